The summed E-state index contributed by atoms with van der Waals surface area (Å²) in [5.74, 6) is 0. The van der Waals surface area contributed by atoms with Gasteiger partial charge in [-0.15, -0.1) is 0 Å². The Morgan fingerprint density at radius 2 is 1.87 bits per heavy atom. The highest BCUT2D eigenvalue weighted by molar-refractivity contribution is 5.78. The number of piperidine rings is 1. The highest BCUT2D eigenvalue weighted by Crippen LogP contribution is 2.25. The van der Waals surface area contributed by atoms with Crippen molar-refractivity contribution in [2.24, 2.45) is 0 Å². The molecule has 1 saturated heterocycles. The number of ether oxygens (including phenoxy) is 1. The fourth-order valence-electron chi connectivity index (χ4n) is 3.03. The zero-order valence-electron chi connectivity index (χ0n) is 13.8. The summed E-state index contributed by atoms with van der Waals surface area (Å²) in [5.41, 5.74) is 0.388. The van der Waals surface area contributed by atoms with Gasteiger partial charge in [0, 0.05) is 13.1 Å². The van der Waals surface area contributed by atoms with E-state index in [1.54, 1.807) is 4.90 Å². The van der Waals surface area contributed by atoms with E-state index in [1.165, 1.54) is 0 Å². The minimum absolute atomic E-state index is 0.0600. The van der Waals surface area contributed by atoms with Gasteiger partial charge in [0.25, 0.3) is 5.56 Å². The molecule has 0 saturated carbocycles. The van der Waals surface area contributed by atoms with Crippen molar-refractivity contribution in [1.82, 2.24) is 14.7 Å². The second-order valence-corrected chi connectivity index (χ2v) is 7.03. The fraction of sp³-hybridized carbons (Fsp3) is 0.529. The van der Waals surface area contributed by atoms with Gasteiger partial charge in [-0.25, -0.2) is 4.79 Å². The van der Waals surface area contributed by atoms with Crippen LogP contribution in [0.15, 0.2) is 29.1 Å². The first-order chi connectivity index (χ1) is 10.8. The third-order valence-corrected chi connectivity index (χ3v) is 4.11. The highest BCUT2D eigenvalue weighted by atomic mass is 16.6. The molecule has 1 aliphatic rings. The number of carbonyl (C=O) groups excluding carboxylic acids is 1. The summed E-state index contributed by atoms with van der Waals surface area (Å²) in [4.78, 5) is 25.9. The van der Waals surface area contributed by atoms with Crippen molar-refractivity contribution in [3.63, 3.8) is 0 Å². The molecular weight excluding hydrogens is 294 g/mol. The molecule has 1 aromatic carbocycles. The molecule has 0 bridgehead atoms. The molecule has 2 aromatic rings. The van der Waals surface area contributed by atoms with Crippen LogP contribution in [0.3, 0.4) is 0 Å². The summed E-state index contributed by atoms with van der Waals surface area (Å²) in [7, 11) is 0. The number of para-hydroxylation sites is 1. The third kappa shape index (κ3) is 3.25. The SMILES string of the molecule is CC(C)(C)OC(=O)N1CCC(n2[nH]c(=O)c3ccccc32)CC1. The number of nitrogens with zero attached hydrogens (tertiary/aromatic N) is 2. The number of rotatable bonds is 1. The molecular formula is C17H23N3O3. The molecule has 0 spiro atoms. The number of amides is 1. The Kier molecular flexibility index (Phi) is 3.92. The highest BCUT2D eigenvalue weighted by Gasteiger charge is 2.28. The molecule has 3 rings (SSSR count). The normalized spacial score (nSPS) is 16.7. The number of hydrogen-bond donors (Lipinski definition) is 1. The Labute approximate surface area is 135 Å². The summed E-state index contributed by atoms with van der Waals surface area (Å²) in [6, 6.07) is 7.78. The predicted octanol–water partition coefficient (Wildman–Crippen LogP) is 2.90. The smallest absolute Gasteiger partial charge is 0.410 e. The van der Waals surface area contributed by atoms with Crippen molar-refractivity contribution in [1.29, 1.82) is 0 Å². The molecule has 0 atom stereocenters. The van der Waals surface area contributed by atoms with Crippen LogP contribution >= 0.6 is 0 Å². The predicted molar refractivity (Wildman–Crippen MR) is 88.6 cm³/mol. The number of fused-ring (bicyclic) bond motifs is 1. The number of hydrogen-bond acceptors (Lipinski definition) is 3. The molecule has 1 fully saturated rings. The van der Waals surface area contributed by atoms with Gasteiger partial charge >= 0.3 is 6.09 Å². The molecule has 1 amide bonds. The van der Waals surface area contributed by atoms with Crippen molar-refractivity contribution in [2.45, 2.75) is 45.3 Å². The number of nitrogens with one attached hydrogen (secondary N) is 1. The van der Waals surface area contributed by atoms with Crippen molar-refractivity contribution < 1.29 is 9.53 Å². The largest absolute Gasteiger partial charge is 0.444 e. The molecule has 2 heterocycles. The lowest BCUT2D eigenvalue weighted by Crippen LogP contribution is -2.42. The van der Waals surface area contributed by atoms with E-state index in [2.05, 4.69) is 5.10 Å². The Bertz CT molecular complexity index is 761. The first-order valence-electron chi connectivity index (χ1n) is 8.02. The number of aromatic amines is 1. The van der Waals surface area contributed by atoms with Gasteiger partial charge in [0.05, 0.1) is 16.9 Å². The summed E-state index contributed by atoms with van der Waals surface area (Å²) < 4.78 is 7.36. The average Bonchev–Trinajstić information content (AvgIpc) is 2.83. The van der Waals surface area contributed by atoms with Crippen LogP contribution in [0.5, 0.6) is 0 Å². The van der Waals surface area contributed by atoms with Gasteiger partial charge in [0.2, 0.25) is 0 Å². The Hall–Kier alpha value is -2.24. The summed E-state index contributed by atoms with van der Waals surface area (Å²) >= 11 is 0. The van der Waals surface area contributed by atoms with Crippen molar-refractivity contribution in [2.75, 3.05) is 13.1 Å². The van der Waals surface area contributed by atoms with Crippen molar-refractivity contribution >= 4 is 17.0 Å². The Balaban J connectivity index is 1.71. The van der Waals surface area contributed by atoms with E-state index in [4.69, 9.17) is 4.74 Å². The number of H-pyrrole nitrogens is 1. The van der Waals surface area contributed by atoms with Crippen LogP contribution in [-0.4, -0.2) is 39.5 Å². The maximum absolute atomic E-state index is 12.1. The van der Waals surface area contributed by atoms with E-state index in [1.807, 2.05) is 49.7 Å². The van der Waals surface area contributed by atoms with E-state index in [9.17, 15) is 9.59 Å². The van der Waals surface area contributed by atoms with E-state index in [0.29, 0.717) is 18.5 Å². The first kappa shape index (κ1) is 15.6. The molecule has 0 radical (unpaired) electrons. The van der Waals surface area contributed by atoms with Gasteiger partial charge in [-0.05, 0) is 45.7 Å². The summed E-state index contributed by atoms with van der Waals surface area (Å²) in [5, 5.41) is 3.64. The van der Waals surface area contributed by atoms with Gasteiger partial charge in [0.15, 0.2) is 0 Å². The van der Waals surface area contributed by atoms with E-state index in [-0.39, 0.29) is 17.7 Å². The zero-order chi connectivity index (χ0) is 16.6. The van der Waals surface area contributed by atoms with Crippen LogP contribution in [0, 0.1) is 0 Å². The Morgan fingerprint density at radius 1 is 1.22 bits per heavy atom. The lowest BCUT2D eigenvalue weighted by Gasteiger charge is -2.33. The molecule has 23 heavy (non-hydrogen) atoms. The monoisotopic (exact) mass is 317 g/mol. The molecule has 1 aliphatic heterocycles. The van der Waals surface area contributed by atoms with Crippen LogP contribution in [0.1, 0.15) is 39.7 Å². The van der Waals surface area contributed by atoms with Gasteiger partial charge < -0.3 is 9.64 Å². The van der Waals surface area contributed by atoms with E-state index in [0.717, 1.165) is 18.4 Å². The minimum atomic E-state index is -0.476. The third-order valence-electron chi connectivity index (χ3n) is 4.11. The standard InChI is InChI=1S/C17H23N3O3/c1-17(2,3)23-16(22)19-10-8-12(9-11-19)20-14-7-5-4-6-13(14)15(21)18-20/h4-7,12H,8-11H2,1-3H3,(H,18,21). The maximum atomic E-state index is 12.1. The number of likely N-dealkylation sites (tertiary alicyclic amines) is 1. The van der Waals surface area contributed by atoms with Crippen LogP contribution in [-0.2, 0) is 4.74 Å². The fourth-order valence-corrected chi connectivity index (χ4v) is 3.03. The van der Waals surface area contributed by atoms with Gasteiger partial charge in [0.1, 0.15) is 5.60 Å². The topological polar surface area (TPSA) is 67.3 Å². The minimum Gasteiger partial charge on any atom is -0.444 e. The lowest BCUT2D eigenvalue weighted by atomic mass is 10.1. The van der Waals surface area contributed by atoms with E-state index >= 15 is 0 Å². The first-order valence-corrected chi connectivity index (χ1v) is 8.02. The quantitative estimate of drug-likeness (QED) is 0.879. The molecule has 0 aliphatic carbocycles. The average molecular weight is 317 g/mol. The van der Waals surface area contributed by atoms with Gasteiger partial charge in [-0.1, -0.05) is 12.1 Å². The molecule has 1 aromatic heterocycles. The van der Waals surface area contributed by atoms with Crippen molar-refractivity contribution in [3.8, 4) is 0 Å². The summed E-state index contributed by atoms with van der Waals surface area (Å²) in [6.07, 6.45) is 1.34. The molecule has 124 valence electrons. The molecule has 6 nitrogen and oxygen atoms in total. The summed E-state index contributed by atoms with van der Waals surface area (Å²) in [6.45, 7) is 6.87. The molecule has 6 heteroatoms. The molecule has 0 unspecified atom stereocenters. The molecule has 1 N–H and O–H groups in total. The van der Waals surface area contributed by atoms with Crippen molar-refractivity contribution in [3.05, 3.63) is 34.6 Å². The second kappa shape index (κ2) is 5.76. The maximum Gasteiger partial charge on any atom is 0.410 e. The van der Waals surface area contributed by atoms with Crippen LogP contribution in [0.25, 0.3) is 10.9 Å². The van der Waals surface area contributed by atoms with E-state index < -0.39 is 5.60 Å². The zero-order valence-corrected chi connectivity index (χ0v) is 13.8. The number of benzene rings is 1. The van der Waals surface area contributed by atoms with Crippen LogP contribution in [0.2, 0.25) is 0 Å². The second-order valence-electron chi connectivity index (χ2n) is 7.03. The number of carbonyl (C=O) groups is 1. The number of aromatic nitrogens is 2. The van der Waals surface area contributed by atoms with Crippen LogP contribution in [0.4, 0.5) is 4.79 Å². The lowest BCUT2D eigenvalue weighted by molar-refractivity contribution is 0.0186. The Morgan fingerprint density at radius 3 is 2.52 bits per heavy atom. The van der Waals surface area contributed by atoms with Gasteiger partial charge in [-0.3, -0.25) is 14.6 Å². The van der Waals surface area contributed by atoms with Crippen LogP contribution < -0.4 is 5.56 Å². The van der Waals surface area contributed by atoms with Gasteiger partial charge in [-0.2, -0.15) is 0 Å².